The van der Waals surface area contributed by atoms with Gasteiger partial charge in [0, 0.05) is 24.2 Å². The van der Waals surface area contributed by atoms with E-state index in [-0.39, 0.29) is 23.0 Å². The van der Waals surface area contributed by atoms with Crippen molar-refractivity contribution in [3.05, 3.63) is 29.8 Å². The Morgan fingerprint density at radius 3 is 2.56 bits per heavy atom. The monoisotopic (exact) mass is 359 g/mol. The van der Waals surface area contributed by atoms with Crippen LogP contribution >= 0.6 is 11.8 Å². The Balaban J connectivity index is 1.64. The van der Waals surface area contributed by atoms with Gasteiger partial charge >= 0.3 is 0 Å². The number of anilines is 1. The van der Waals surface area contributed by atoms with E-state index in [1.807, 2.05) is 32.9 Å². The molecule has 1 aromatic heterocycles. The molecule has 132 valence electrons. The third kappa shape index (κ3) is 3.89. The molecule has 1 aliphatic rings. The third-order valence-electron chi connectivity index (χ3n) is 3.98. The summed E-state index contributed by atoms with van der Waals surface area (Å²) in [7, 11) is 0. The predicted molar refractivity (Wildman–Crippen MR) is 95.9 cm³/mol. The zero-order chi connectivity index (χ0) is 18.0. The smallest absolute Gasteiger partial charge is 0.227 e. The molecule has 8 heteroatoms. The van der Waals surface area contributed by atoms with Gasteiger partial charge in [0.2, 0.25) is 11.1 Å². The minimum Gasteiger partial charge on any atom is -0.312 e. The summed E-state index contributed by atoms with van der Waals surface area (Å²) in [6.07, 6.45) is 1.48. The Hall–Kier alpha value is -2.22. The molecular weight excluding hydrogens is 338 g/mol. The number of amides is 1. The number of aromatic nitrogens is 4. The molecule has 3 rings (SSSR count). The number of benzene rings is 1. The van der Waals surface area contributed by atoms with Crippen LogP contribution in [0.15, 0.2) is 29.4 Å². The molecule has 2 aromatic rings. The van der Waals surface area contributed by atoms with E-state index < -0.39 is 0 Å². The van der Waals surface area contributed by atoms with Gasteiger partial charge in [0.25, 0.3) is 0 Å². The molecule has 0 saturated carbocycles. The minimum atomic E-state index is -0.237. The lowest BCUT2D eigenvalue weighted by molar-refractivity contribution is -0.117. The van der Waals surface area contributed by atoms with Crippen molar-refractivity contribution >= 4 is 29.1 Å². The molecular formula is C17H21N5O2S. The van der Waals surface area contributed by atoms with Crippen molar-refractivity contribution < 1.29 is 9.59 Å². The van der Waals surface area contributed by atoms with Crippen molar-refractivity contribution in [3.63, 3.8) is 0 Å². The molecule has 0 aliphatic carbocycles. The lowest BCUT2D eigenvalue weighted by atomic mass is 10.1. The van der Waals surface area contributed by atoms with Crippen molar-refractivity contribution in [2.24, 2.45) is 0 Å². The number of ketones is 1. The Kier molecular flexibility index (Phi) is 4.89. The first kappa shape index (κ1) is 17.6. The number of carbonyl (C=O) groups is 2. The van der Waals surface area contributed by atoms with Crippen LogP contribution in [0.1, 0.15) is 44.0 Å². The number of rotatable bonds is 5. The highest BCUT2D eigenvalue weighted by Crippen LogP contribution is 2.24. The minimum absolute atomic E-state index is 0.00718. The SMILES string of the molecule is CC(C)(C)n1nnnc1SCC(=O)c1ccc(N2CCCC2=O)cc1. The zero-order valence-corrected chi connectivity index (χ0v) is 15.4. The van der Waals surface area contributed by atoms with Gasteiger partial charge in [-0.15, -0.1) is 5.10 Å². The Labute approximate surface area is 150 Å². The zero-order valence-electron chi connectivity index (χ0n) is 14.6. The van der Waals surface area contributed by atoms with Gasteiger partial charge in [-0.1, -0.05) is 11.8 Å². The lowest BCUT2D eigenvalue weighted by Gasteiger charge is -2.19. The van der Waals surface area contributed by atoms with Gasteiger partial charge in [-0.2, -0.15) is 0 Å². The second-order valence-electron chi connectivity index (χ2n) is 6.95. The largest absolute Gasteiger partial charge is 0.312 e. The highest BCUT2D eigenvalue weighted by Gasteiger charge is 2.23. The highest BCUT2D eigenvalue weighted by molar-refractivity contribution is 7.99. The van der Waals surface area contributed by atoms with Crippen LogP contribution in [0.4, 0.5) is 5.69 Å². The van der Waals surface area contributed by atoms with E-state index in [2.05, 4.69) is 15.5 Å². The van der Waals surface area contributed by atoms with E-state index in [4.69, 9.17) is 0 Å². The van der Waals surface area contributed by atoms with Gasteiger partial charge in [0.1, 0.15) is 0 Å². The Bertz CT molecular complexity index is 779. The van der Waals surface area contributed by atoms with Crippen molar-refractivity contribution in [1.29, 1.82) is 0 Å². The van der Waals surface area contributed by atoms with Crippen LogP contribution in [-0.2, 0) is 10.3 Å². The van der Waals surface area contributed by atoms with Crippen LogP contribution in [-0.4, -0.2) is 44.2 Å². The van der Waals surface area contributed by atoms with E-state index in [9.17, 15) is 9.59 Å². The fourth-order valence-electron chi connectivity index (χ4n) is 2.65. The molecule has 0 unspecified atom stereocenters. The average Bonchev–Trinajstić information content (AvgIpc) is 3.21. The van der Waals surface area contributed by atoms with Crippen LogP contribution < -0.4 is 4.90 Å². The number of tetrazole rings is 1. The van der Waals surface area contributed by atoms with Crippen molar-refractivity contribution in [2.75, 3.05) is 17.2 Å². The van der Waals surface area contributed by atoms with Gasteiger partial charge in [-0.05, 0) is 61.9 Å². The third-order valence-corrected chi connectivity index (χ3v) is 4.90. The number of nitrogens with zero attached hydrogens (tertiary/aromatic N) is 5. The summed E-state index contributed by atoms with van der Waals surface area (Å²) in [5, 5.41) is 12.3. The van der Waals surface area contributed by atoms with Crippen molar-refractivity contribution in [2.45, 2.75) is 44.3 Å². The highest BCUT2D eigenvalue weighted by atomic mass is 32.2. The number of carbonyl (C=O) groups excluding carboxylic acids is 2. The van der Waals surface area contributed by atoms with E-state index in [0.717, 1.165) is 18.7 Å². The molecule has 0 spiro atoms. The van der Waals surface area contributed by atoms with Gasteiger partial charge in [0.05, 0.1) is 11.3 Å². The Morgan fingerprint density at radius 2 is 1.96 bits per heavy atom. The number of thioether (sulfide) groups is 1. The topological polar surface area (TPSA) is 81.0 Å². The predicted octanol–water partition coefficient (Wildman–Crippen LogP) is 2.53. The molecule has 2 heterocycles. The molecule has 0 atom stereocenters. The summed E-state index contributed by atoms with van der Waals surface area (Å²) in [4.78, 5) is 26.0. The standard InChI is InChI=1S/C17H21N5O2S/c1-17(2,3)22-16(18-19-20-22)25-11-14(23)12-6-8-13(9-7-12)21-10-4-5-15(21)24/h6-9H,4-5,10-11H2,1-3H3. The molecule has 25 heavy (non-hydrogen) atoms. The average molecular weight is 359 g/mol. The number of hydrogen-bond acceptors (Lipinski definition) is 6. The molecule has 0 N–H and O–H groups in total. The lowest BCUT2D eigenvalue weighted by Crippen LogP contribution is -2.24. The quantitative estimate of drug-likeness (QED) is 0.603. The maximum absolute atomic E-state index is 12.4. The summed E-state index contributed by atoms with van der Waals surface area (Å²) >= 11 is 1.33. The summed E-state index contributed by atoms with van der Waals surface area (Å²) in [5.41, 5.74) is 1.24. The van der Waals surface area contributed by atoms with E-state index >= 15 is 0 Å². The summed E-state index contributed by atoms with van der Waals surface area (Å²) in [5.74, 6) is 0.412. The van der Waals surface area contributed by atoms with Gasteiger partial charge in [-0.25, -0.2) is 4.68 Å². The van der Waals surface area contributed by atoms with E-state index in [0.29, 0.717) is 17.1 Å². The second-order valence-corrected chi connectivity index (χ2v) is 7.89. The molecule has 0 radical (unpaired) electrons. The van der Waals surface area contributed by atoms with E-state index in [1.54, 1.807) is 21.7 Å². The molecule has 1 amide bonds. The normalized spacial score (nSPS) is 15.0. The van der Waals surface area contributed by atoms with Crippen LogP contribution in [0.3, 0.4) is 0 Å². The van der Waals surface area contributed by atoms with Crippen LogP contribution in [0.5, 0.6) is 0 Å². The van der Waals surface area contributed by atoms with Crippen molar-refractivity contribution in [1.82, 2.24) is 20.2 Å². The van der Waals surface area contributed by atoms with Crippen LogP contribution in [0.25, 0.3) is 0 Å². The molecule has 1 saturated heterocycles. The Morgan fingerprint density at radius 1 is 1.24 bits per heavy atom. The first-order valence-electron chi connectivity index (χ1n) is 8.21. The van der Waals surface area contributed by atoms with Gasteiger partial charge < -0.3 is 4.90 Å². The number of hydrogen-bond donors (Lipinski definition) is 0. The summed E-state index contributed by atoms with van der Waals surface area (Å²) in [6, 6.07) is 7.22. The first-order valence-corrected chi connectivity index (χ1v) is 9.20. The molecule has 1 fully saturated rings. The van der Waals surface area contributed by atoms with Crippen molar-refractivity contribution in [3.8, 4) is 0 Å². The molecule has 7 nitrogen and oxygen atoms in total. The fourth-order valence-corrected chi connectivity index (χ4v) is 3.61. The van der Waals surface area contributed by atoms with E-state index in [1.165, 1.54) is 11.8 Å². The van der Waals surface area contributed by atoms with Crippen LogP contribution in [0.2, 0.25) is 0 Å². The molecule has 1 aliphatic heterocycles. The maximum Gasteiger partial charge on any atom is 0.227 e. The fraction of sp³-hybridized carbons (Fsp3) is 0.471. The second kappa shape index (κ2) is 6.95. The summed E-state index contributed by atoms with van der Waals surface area (Å²) < 4.78 is 1.72. The summed E-state index contributed by atoms with van der Waals surface area (Å²) in [6.45, 7) is 6.77. The van der Waals surface area contributed by atoms with Crippen LogP contribution in [0, 0.1) is 0 Å². The molecule has 0 bridgehead atoms. The van der Waals surface area contributed by atoms with Gasteiger partial charge in [0.15, 0.2) is 5.78 Å². The molecule has 1 aromatic carbocycles. The first-order chi connectivity index (χ1) is 11.9. The number of Topliss-reactive ketones (excluding diaryl/α,β-unsaturated/α-hetero) is 1. The maximum atomic E-state index is 12.4. The van der Waals surface area contributed by atoms with Gasteiger partial charge in [-0.3, -0.25) is 9.59 Å².